The van der Waals surface area contributed by atoms with Gasteiger partial charge in [-0.05, 0) is 49.9 Å². The van der Waals surface area contributed by atoms with Gasteiger partial charge in [0.05, 0.1) is 25.3 Å². The van der Waals surface area contributed by atoms with E-state index in [1.54, 1.807) is 17.5 Å². The van der Waals surface area contributed by atoms with Gasteiger partial charge in [-0.2, -0.15) is 0 Å². The number of esters is 1. The highest BCUT2D eigenvalue weighted by molar-refractivity contribution is 7.12. The van der Waals surface area contributed by atoms with Crippen molar-refractivity contribution >= 4 is 40.6 Å². The average Bonchev–Trinajstić information content (AvgIpc) is 3.15. The maximum Gasteiger partial charge on any atom is 0.350 e. The van der Waals surface area contributed by atoms with E-state index in [-0.39, 0.29) is 24.3 Å². The van der Waals surface area contributed by atoms with Crippen molar-refractivity contribution in [2.75, 3.05) is 37.4 Å². The summed E-state index contributed by atoms with van der Waals surface area (Å²) in [5.41, 5.74) is 1.29. The first kappa shape index (κ1) is 20.9. The van der Waals surface area contributed by atoms with Gasteiger partial charge < -0.3 is 15.4 Å². The van der Waals surface area contributed by atoms with Crippen molar-refractivity contribution in [2.45, 2.75) is 19.8 Å². The van der Waals surface area contributed by atoms with Crippen LogP contribution in [0.2, 0.25) is 0 Å². The molecule has 2 N–H and O–H groups in total. The van der Waals surface area contributed by atoms with Crippen molar-refractivity contribution in [3.8, 4) is 0 Å². The molecule has 0 aliphatic carbocycles. The minimum absolute atomic E-state index is 0.0842. The van der Waals surface area contributed by atoms with Crippen molar-refractivity contribution in [1.29, 1.82) is 0 Å². The summed E-state index contributed by atoms with van der Waals surface area (Å²) in [5, 5.41) is 7.35. The summed E-state index contributed by atoms with van der Waals surface area (Å²) in [7, 11) is 1.30. The molecular formula is C20H24N4O4S. The number of thiophene rings is 1. The van der Waals surface area contributed by atoms with Crippen LogP contribution in [0.1, 0.15) is 28.2 Å². The molecule has 0 saturated carbocycles. The van der Waals surface area contributed by atoms with E-state index in [2.05, 4.69) is 15.6 Å². The predicted molar refractivity (Wildman–Crippen MR) is 111 cm³/mol. The smallest absolute Gasteiger partial charge is 0.350 e. The molecule has 1 atom stereocenters. The maximum absolute atomic E-state index is 12.6. The molecule has 3 rings (SSSR count). The standard InChI is InChI=1S/C20H24N4O4S/c1-13-5-3-7-16(21-13)23-19(26)14-6-4-9-24(11-14)12-17(25)22-15-8-10-29-18(15)20(27)28-2/h3,5,7-8,10,14H,4,6,9,11-12H2,1-2H3,(H,22,25)(H,21,23,26)/t14-/m1/s1. The lowest BCUT2D eigenvalue weighted by Gasteiger charge is -2.31. The van der Waals surface area contributed by atoms with E-state index >= 15 is 0 Å². The zero-order valence-electron chi connectivity index (χ0n) is 16.4. The Kier molecular flexibility index (Phi) is 6.95. The summed E-state index contributed by atoms with van der Waals surface area (Å²) in [5.74, 6) is -0.452. The Bertz CT molecular complexity index is 898. The van der Waals surface area contributed by atoms with Crippen LogP contribution >= 0.6 is 11.3 Å². The largest absolute Gasteiger partial charge is 0.465 e. The molecule has 8 nitrogen and oxygen atoms in total. The number of nitrogens with zero attached hydrogens (tertiary/aromatic N) is 2. The lowest BCUT2D eigenvalue weighted by Crippen LogP contribution is -2.44. The van der Waals surface area contributed by atoms with Crippen molar-refractivity contribution < 1.29 is 19.1 Å². The second kappa shape index (κ2) is 9.62. The topological polar surface area (TPSA) is 101 Å². The third-order valence-corrected chi connectivity index (χ3v) is 5.59. The Morgan fingerprint density at radius 3 is 2.86 bits per heavy atom. The zero-order chi connectivity index (χ0) is 20.8. The van der Waals surface area contributed by atoms with Crippen molar-refractivity contribution in [3.05, 3.63) is 40.2 Å². The monoisotopic (exact) mass is 416 g/mol. The third-order valence-electron chi connectivity index (χ3n) is 4.69. The number of ether oxygens (including phenoxy) is 1. The van der Waals surface area contributed by atoms with Gasteiger partial charge in [-0.3, -0.25) is 14.5 Å². The molecule has 1 aliphatic rings. The number of amides is 2. The highest BCUT2D eigenvalue weighted by Gasteiger charge is 2.27. The normalized spacial score (nSPS) is 16.8. The van der Waals surface area contributed by atoms with E-state index in [0.717, 1.165) is 25.1 Å². The molecule has 1 saturated heterocycles. The third kappa shape index (κ3) is 5.61. The SMILES string of the molecule is COC(=O)c1sccc1NC(=O)CN1CCC[C@@H](C(=O)Nc2cccc(C)n2)C1. The first-order valence-electron chi connectivity index (χ1n) is 9.39. The number of hydrogen-bond acceptors (Lipinski definition) is 7. The number of likely N-dealkylation sites (tertiary alicyclic amines) is 1. The molecule has 1 fully saturated rings. The van der Waals surface area contributed by atoms with Gasteiger partial charge in [0.1, 0.15) is 10.7 Å². The molecule has 2 amide bonds. The van der Waals surface area contributed by atoms with Crippen molar-refractivity contribution in [2.24, 2.45) is 5.92 Å². The highest BCUT2D eigenvalue weighted by atomic mass is 32.1. The molecule has 0 unspecified atom stereocenters. The Balaban J connectivity index is 1.54. The van der Waals surface area contributed by atoms with E-state index < -0.39 is 5.97 Å². The van der Waals surface area contributed by atoms with E-state index in [9.17, 15) is 14.4 Å². The summed E-state index contributed by atoms with van der Waals surface area (Å²) in [6.07, 6.45) is 1.60. The van der Waals surface area contributed by atoms with E-state index in [0.29, 0.717) is 22.9 Å². The lowest BCUT2D eigenvalue weighted by atomic mass is 9.97. The van der Waals surface area contributed by atoms with Crippen LogP contribution in [-0.4, -0.2) is 54.4 Å². The number of carbonyl (C=O) groups excluding carboxylic acids is 3. The molecule has 154 valence electrons. The van der Waals surface area contributed by atoms with Gasteiger partial charge in [-0.1, -0.05) is 6.07 Å². The summed E-state index contributed by atoms with van der Waals surface area (Å²) >= 11 is 1.21. The molecule has 9 heteroatoms. The van der Waals surface area contributed by atoms with Gasteiger partial charge in [0.2, 0.25) is 11.8 Å². The highest BCUT2D eigenvalue weighted by Crippen LogP contribution is 2.23. The van der Waals surface area contributed by atoms with Gasteiger partial charge in [0.15, 0.2) is 0 Å². The van der Waals surface area contributed by atoms with Crippen LogP contribution in [0.15, 0.2) is 29.6 Å². The molecule has 0 radical (unpaired) electrons. The lowest BCUT2D eigenvalue weighted by molar-refractivity contribution is -0.123. The molecule has 2 aromatic rings. The average molecular weight is 417 g/mol. The Morgan fingerprint density at radius 1 is 1.28 bits per heavy atom. The van der Waals surface area contributed by atoms with E-state index in [1.807, 2.05) is 24.0 Å². The number of carbonyl (C=O) groups is 3. The molecule has 2 aromatic heterocycles. The van der Waals surface area contributed by atoms with Crippen LogP contribution in [0.4, 0.5) is 11.5 Å². The van der Waals surface area contributed by atoms with Crippen molar-refractivity contribution in [1.82, 2.24) is 9.88 Å². The number of hydrogen-bond donors (Lipinski definition) is 2. The maximum atomic E-state index is 12.6. The molecule has 0 aromatic carbocycles. The summed E-state index contributed by atoms with van der Waals surface area (Å²) in [6.45, 7) is 3.27. The van der Waals surface area contributed by atoms with Crippen LogP contribution in [0.3, 0.4) is 0 Å². The number of anilines is 2. The number of pyridine rings is 1. The van der Waals surface area contributed by atoms with Gasteiger partial charge >= 0.3 is 5.97 Å². The number of methoxy groups -OCH3 is 1. The number of rotatable bonds is 6. The molecule has 29 heavy (non-hydrogen) atoms. The van der Waals surface area contributed by atoms with Crippen LogP contribution in [0.5, 0.6) is 0 Å². The second-order valence-electron chi connectivity index (χ2n) is 6.93. The summed E-state index contributed by atoms with van der Waals surface area (Å²) in [6, 6.07) is 7.16. The van der Waals surface area contributed by atoms with Gasteiger partial charge in [-0.15, -0.1) is 11.3 Å². The molecule has 3 heterocycles. The van der Waals surface area contributed by atoms with E-state index in [1.165, 1.54) is 18.4 Å². The fraction of sp³-hybridized carbons (Fsp3) is 0.400. The van der Waals surface area contributed by atoms with Crippen LogP contribution in [0, 0.1) is 12.8 Å². The zero-order valence-corrected chi connectivity index (χ0v) is 17.3. The minimum Gasteiger partial charge on any atom is -0.465 e. The predicted octanol–water partition coefficient (Wildman–Crippen LogP) is 2.53. The van der Waals surface area contributed by atoms with E-state index in [4.69, 9.17) is 4.74 Å². The first-order chi connectivity index (χ1) is 14.0. The molecule has 1 aliphatic heterocycles. The van der Waals surface area contributed by atoms with Crippen molar-refractivity contribution in [3.63, 3.8) is 0 Å². The number of nitrogens with one attached hydrogen (secondary N) is 2. The van der Waals surface area contributed by atoms with Gasteiger partial charge in [0, 0.05) is 12.2 Å². The number of aryl methyl sites for hydroxylation is 1. The number of aromatic nitrogens is 1. The Morgan fingerprint density at radius 2 is 2.10 bits per heavy atom. The van der Waals surface area contributed by atoms with Crippen LogP contribution in [0.25, 0.3) is 0 Å². The van der Waals surface area contributed by atoms with Crippen LogP contribution in [-0.2, 0) is 14.3 Å². The minimum atomic E-state index is -0.477. The molecular weight excluding hydrogens is 392 g/mol. The summed E-state index contributed by atoms with van der Waals surface area (Å²) in [4.78, 5) is 43.4. The molecule has 0 bridgehead atoms. The quantitative estimate of drug-likeness (QED) is 0.702. The Labute approximate surface area is 173 Å². The first-order valence-corrected chi connectivity index (χ1v) is 10.3. The van der Waals surface area contributed by atoms with Gasteiger partial charge in [-0.25, -0.2) is 9.78 Å². The number of piperidine rings is 1. The Hall–Kier alpha value is -2.78. The molecule has 0 spiro atoms. The fourth-order valence-electron chi connectivity index (χ4n) is 3.31. The van der Waals surface area contributed by atoms with Crippen LogP contribution < -0.4 is 10.6 Å². The van der Waals surface area contributed by atoms with Gasteiger partial charge in [0.25, 0.3) is 0 Å². The summed E-state index contributed by atoms with van der Waals surface area (Å²) < 4.78 is 4.72. The second-order valence-corrected chi connectivity index (χ2v) is 7.85. The fourth-order valence-corrected chi connectivity index (χ4v) is 4.07.